The molecule has 0 saturated carbocycles. The van der Waals surface area contributed by atoms with Crippen LogP contribution in [0.2, 0.25) is 0 Å². The Kier molecular flexibility index (Phi) is 7.51. The van der Waals surface area contributed by atoms with Crippen LogP contribution in [0.4, 0.5) is 0 Å². The predicted octanol–water partition coefficient (Wildman–Crippen LogP) is -0.930. The maximum absolute atomic E-state index is 9.45. The van der Waals surface area contributed by atoms with Crippen molar-refractivity contribution in [3.63, 3.8) is 0 Å². The Hall–Kier alpha value is -0.820. The van der Waals surface area contributed by atoms with Crippen LogP contribution in [0.5, 0.6) is 0 Å². The monoisotopic (exact) mass is 171 g/mol. The molecule has 0 aromatic heterocycles. The van der Waals surface area contributed by atoms with E-state index in [0.717, 1.165) is 5.04 Å². The fraction of sp³-hybridized carbons (Fsp3) is 1.00. The molecule has 8 heteroatoms. The SMILES string of the molecule is CCOS(=O)(=O)[O-].O=[N+]=O. The lowest BCUT2D eigenvalue weighted by atomic mass is 10.9. The van der Waals surface area contributed by atoms with Crippen molar-refractivity contribution in [2.24, 2.45) is 0 Å². The molecule has 0 spiro atoms. The first kappa shape index (κ1) is 11.9. The lowest BCUT2D eigenvalue weighted by Gasteiger charge is -2.02. The molecule has 0 N–H and O–H groups in total. The fourth-order valence-electron chi connectivity index (χ4n) is 0.144. The third-order valence-corrected chi connectivity index (χ3v) is 0.787. The van der Waals surface area contributed by atoms with Crippen LogP contribution in [0.15, 0.2) is 0 Å². The lowest BCUT2D eigenvalue weighted by Crippen LogP contribution is -2.02. The molecule has 0 aliphatic rings. The molecular formula is C2H5NO6S. The summed E-state index contributed by atoms with van der Waals surface area (Å²) in [6.45, 7) is 1.33. The van der Waals surface area contributed by atoms with Crippen molar-refractivity contribution in [1.29, 1.82) is 0 Å². The second kappa shape index (κ2) is 6.30. The molecule has 60 valence electrons. The van der Waals surface area contributed by atoms with Gasteiger partial charge in [0.1, 0.15) is 0 Å². The maximum atomic E-state index is 9.45. The van der Waals surface area contributed by atoms with Crippen LogP contribution in [0.3, 0.4) is 0 Å². The summed E-state index contributed by atoms with van der Waals surface area (Å²) < 4.78 is 32.0. The lowest BCUT2D eigenvalue weighted by molar-refractivity contribution is 0.275. The first-order chi connectivity index (χ1) is 4.47. The van der Waals surface area contributed by atoms with E-state index in [0.29, 0.717) is 0 Å². The van der Waals surface area contributed by atoms with Gasteiger partial charge in [0, 0.05) is 0 Å². The average Bonchev–Trinajstić information content (AvgIpc) is 1.63. The molecule has 0 rings (SSSR count). The van der Waals surface area contributed by atoms with E-state index in [-0.39, 0.29) is 6.61 Å². The Morgan fingerprint density at radius 1 is 1.50 bits per heavy atom. The molecule has 0 aromatic carbocycles. The molecule has 0 fully saturated rings. The quantitative estimate of drug-likeness (QED) is 0.301. The Bertz CT molecular complexity index is 188. The first-order valence-corrected chi connectivity index (χ1v) is 3.36. The highest BCUT2D eigenvalue weighted by Crippen LogP contribution is 1.80. The van der Waals surface area contributed by atoms with Gasteiger partial charge in [0.25, 0.3) is 0 Å². The second-order valence-corrected chi connectivity index (χ2v) is 1.94. The molecule has 0 radical (unpaired) electrons. The van der Waals surface area contributed by atoms with E-state index in [9.17, 15) is 13.0 Å². The maximum Gasteiger partial charge on any atom is 0.569 e. The molecule has 0 heterocycles. The summed E-state index contributed by atoms with van der Waals surface area (Å²) in [5.74, 6) is 0. The summed E-state index contributed by atoms with van der Waals surface area (Å²) in [6, 6.07) is 0. The molecule has 0 atom stereocenters. The van der Waals surface area contributed by atoms with E-state index in [1.807, 2.05) is 0 Å². The highest BCUT2D eigenvalue weighted by atomic mass is 32.3. The topological polar surface area (TPSA) is 115 Å². The van der Waals surface area contributed by atoms with Gasteiger partial charge in [-0.25, -0.2) is 8.42 Å². The Morgan fingerprint density at radius 2 is 1.80 bits per heavy atom. The normalized spacial score (nSPS) is 9.00. The Labute approximate surface area is 56.9 Å². The number of rotatable bonds is 2. The minimum absolute atomic E-state index is 0.0914. The molecule has 0 unspecified atom stereocenters. The Balaban J connectivity index is 0. The van der Waals surface area contributed by atoms with Crippen LogP contribution in [0.25, 0.3) is 0 Å². The average molecular weight is 171 g/mol. The summed E-state index contributed by atoms with van der Waals surface area (Å²) in [5, 5.41) is 1.00. The second-order valence-electron chi connectivity index (χ2n) is 0.889. The van der Waals surface area contributed by atoms with Gasteiger partial charge in [0.2, 0.25) is 20.2 Å². The molecule has 0 aliphatic heterocycles. The van der Waals surface area contributed by atoms with Crippen molar-refractivity contribution < 1.29 is 17.2 Å². The third kappa shape index (κ3) is 27.1. The molecule has 0 amide bonds. The van der Waals surface area contributed by atoms with E-state index in [4.69, 9.17) is 9.81 Å². The molecule has 10 heavy (non-hydrogen) atoms. The van der Waals surface area contributed by atoms with E-state index in [1.54, 1.807) is 0 Å². The molecule has 7 nitrogen and oxygen atoms in total. The minimum Gasteiger partial charge on any atom is -0.726 e. The summed E-state index contributed by atoms with van der Waals surface area (Å²) in [4.78, 5) is 16.0. The number of hydrogen-bond acceptors (Lipinski definition) is 6. The van der Waals surface area contributed by atoms with Crippen LogP contribution in [0.1, 0.15) is 6.92 Å². The Morgan fingerprint density at radius 3 is 1.80 bits per heavy atom. The van der Waals surface area contributed by atoms with Gasteiger partial charge in [0.05, 0.1) is 6.61 Å². The van der Waals surface area contributed by atoms with Gasteiger partial charge in [-0.2, -0.15) is 0 Å². The van der Waals surface area contributed by atoms with Gasteiger partial charge in [0.15, 0.2) is 0 Å². The van der Waals surface area contributed by atoms with Crippen molar-refractivity contribution in [3.8, 4) is 0 Å². The zero-order valence-corrected chi connectivity index (χ0v) is 5.83. The highest BCUT2D eigenvalue weighted by Gasteiger charge is 1.85. The summed E-state index contributed by atoms with van der Waals surface area (Å²) in [7, 11) is -4.42. The largest absolute Gasteiger partial charge is 0.726 e. The van der Waals surface area contributed by atoms with Crippen molar-refractivity contribution in [2.45, 2.75) is 6.92 Å². The minimum atomic E-state index is -4.42. The summed E-state index contributed by atoms with van der Waals surface area (Å²) >= 11 is 0. The van der Waals surface area contributed by atoms with Gasteiger partial charge in [-0.1, -0.05) is 0 Å². The van der Waals surface area contributed by atoms with Crippen LogP contribution in [-0.4, -0.2) is 19.6 Å². The molecule has 0 saturated heterocycles. The van der Waals surface area contributed by atoms with Gasteiger partial charge >= 0.3 is 5.04 Å². The zero-order chi connectivity index (χ0) is 8.62. The van der Waals surface area contributed by atoms with Gasteiger partial charge in [-0.3, -0.25) is 4.18 Å². The number of hydrogen-bond donors (Lipinski definition) is 0. The molecule has 0 aromatic rings. The standard InChI is InChI=1S/C2H6O4S.NO2/c1-2-6-7(3,4)5;2-1-3/h2H2,1H3,(H,3,4,5);/q;+1/p-1. The smallest absolute Gasteiger partial charge is 0.569 e. The highest BCUT2D eigenvalue weighted by molar-refractivity contribution is 7.80. The van der Waals surface area contributed by atoms with Crippen LogP contribution < -0.4 is 5.04 Å². The summed E-state index contributed by atoms with van der Waals surface area (Å²) in [6.07, 6.45) is 0. The van der Waals surface area contributed by atoms with Crippen molar-refractivity contribution in [2.75, 3.05) is 6.61 Å². The van der Waals surface area contributed by atoms with Crippen LogP contribution in [0, 0.1) is 9.81 Å². The predicted molar refractivity (Wildman–Crippen MR) is 30.2 cm³/mol. The first-order valence-electron chi connectivity index (χ1n) is 2.03. The van der Waals surface area contributed by atoms with Crippen molar-refractivity contribution in [1.82, 2.24) is 5.04 Å². The molecule has 0 bridgehead atoms. The molecular weight excluding hydrogens is 166 g/mol. The molecule has 0 aliphatic carbocycles. The zero-order valence-electron chi connectivity index (χ0n) is 5.01. The number of nitroso groups, excluding NO2 is 2. The van der Waals surface area contributed by atoms with Crippen LogP contribution in [-0.2, 0) is 14.6 Å². The number of nitrogens with zero attached hydrogens (tertiary/aromatic N) is 1. The van der Waals surface area contributed by atoms with Crippen molar-refractivity contribution in [3.05, 3.63) is 9.81 Å². The van der Waals surface area contributed by atoms with E-state index in [1.165, 1.54) is 6.92 Å². The van der Waals surface area contributed by atoms with E-state index >= 15 is 0 Å². The van der Waals surface area contributed by atoms with E-state index < -0.39 is 10.4 Å². The van der Waals surface area contributed by atoms with E-state index in [2.05, 4.69) is 4.18 Å². The summed E-state index contributed by atoms with van der Waals surface area (Å²) in [5.41, 5.74) is 0. The van der Waals surface area contributed by atoms with Crippen molar-refractivity contribution >= 4 is 10.4 Å². The third-order valence-electron chi connectivity index (χ3n) is 0.262. The van der Waals surface area contributed by atoms with Gasteiger partial charge in [-0.15, -0.1) is 0 Å². The van der Waals surface area contributed by atoms with Gasteiger partial charge in [-0.05, 0) is 6.92 Å². The van der Waals surface area contributed by atoms with Crippen LogP contribution >= 0.6 is 0 Å². The fourth-order valence-corrected chi connectivity index (χ4v) is 0.433. The van der Waals surface area contributed by atoms with Gasteiger partial charge < -0.3 is 4.55 Å².